The molecule has 0 bridgehead atoms. The number of rotatable bonds is 6. The lowest BCUT2D eigenvalue weighted by Crippen LogP contribution is -2.49. The van der Waals surface area contributed by atoms with E-state index in [1.54, 1.807) is 6.08 Å². The third kappa shape index (κ3) is 3.93. The molecule has 1 unspecified atom stereocenters. The van der Waals surface area contributed by atoms with Crippen LogP contribution in [0.4, 0.5) is 0 Å². The molecule has 0 heterocycles. The van der Waals surface area contributed by atoms with Gasteiger partial charge in [0.25, 0.3) is 0 Å². The summed E-state index contributed by atoms with van der Waals surface area (Å²) in [7, 11) is 0. The predicted octanol–water partition coefficient (Wildman–Crippen LogP) is 4.50. The number of ketones is 1. The summed E-state index contributed by atoms with van der Waals surface area (Å²) in [5.74, 6) is -0.00211. The minimum Gasteiger partial charge on any atom is -0.346 e. The molecule has 1 saturated carbocycles. The van der Waals surface area contributed by atoms with E-state index < -0.39 is 5.54 Å². The van der Waals surface area contributed by atoms with Crippen molar-refractivity contribution in [3.05, 3.63) is 84.4 Å². The topological polar surface area (TPSA) is 46.2 Å². The van der Waals surface area contributed by atoms with E-state index in [2.05, 4.69) is 11.9 Å². The van der Waals surface area contributed by atoms with Crippen LogP contribution in [0.5, 0.6) is 0 Å². The van der Waals surface area contributed by atoms with Crippen LogP contribution in [0.25, 0.3) is 0 Å². The van der Waals surface area contributed by atoms with Crippen molar-refractivity contribution < 1.29 is 9.59 Å². The van der Waals surface area contributed by atoms with Gasteiger partial charge in [-0.25, -0.2) is 0 Å². The Balaban J connectivity index is 1.89. The summed E-state index contributed by atoms with van der Waals surface area (Å²) in [6, 6.07) is 19.8. The third-order valence-electron chi connectivity index (χ3n) is 5.27. The number of allylic oxidation sites excluding steroid dienone is 1. The van der Waals surface area contributed by atoms with Crippen molar-refractivity contribution >= 4 is 11.7 Å². The van der Waals surface area contributed by atoms with Gasteiger partial charge < -0.3 is 5.32 Å². The molecular weight excluding hydrogens is 322 g/mol. The molecule has 0 saturated heterocycles. The van der Waals surface area contributed by atoms with Gasteiger partial charge in [0.05, 0.1) is 11.5 Å². The molecule has 26 heavy (non-hydrogen) atoms. The molecule has 134 valence electrons. The molecule has 0 spiro atoms. The van der Waals surface area contributed by atoms with Gasteiger partial charge in [-0.15, -0.1) is 6.58 Å². The monoisotopic (exact) mass is 347 g/mol. The Hall–Kier alpha value is -2.68. The molecule has 2 aromatic rings. The molecular formula is C23H25NO2. The van der Waals surface area contributed by atoms with E-state index >= 15 is 0 Å². The quantitative estimate of drug-likeness (QED) is 0.782. The van der Waals surface area contributed by atoms with Crippen molar-refractivity contribution in [1.82, 2.24) is 5.32 Å². The number of carbonyl (C=O) groups is 2. The SMILES string of the molecule is C=CCC(C(=O)NC1(c2ccccc2)CCC(=O)CC1)c1ccccc1. The smallest absolute Gasteiger partial charge is 0.228 e. The predicted molar refractivity (Wildman–Crippen MR) is 104 cm³/mol. The van der Waals surface area contributed by atoms with E-state index in [4.69, 9.17) is 0 Å². The van der Waals surface area contributed by atoms with Crippen molar-refractivity contribution in [2.24, 2.45) is 0 Å². The highest BCUT2D eigenvalue weighted by molar-refractivity contribution is 5.85. The van der Waals surface area contributed by atoms with Crippen LogP contribution in [0, 0.1) is 0 Å². The molecule has 1 aliphatic rings. The number of carbonyl (C=O) groups excluding carboxylic acids is 2. The fourth-order valence-corrected chi connectivity index (χ4v) is 3.77. The summed E-state index contributed by atoms with van der Waals surface area (Å²) < 4.78 is 0. The molecule has 0 radical (unpaired) electrons. The lowest BCUT2D eigenvalue weighted by molar-refractivity contribution is -0.128. The number of hydrogen-bond acceptors (Lipinski definition) is 2. The summed E-state index contributed by atoms with van der Waals surface area (Å²) in [5.41, 5.74) is 1.59. The van der Waals surface area contributed by atoms with E-state index in [0.717, 1.165) is 11.1 Å². The van der Waals surface area contributed by atoms with E-state index in [1.165, 1.54) is 0 Å². The number of amides is 1. The van der Waals surface area contributed by atoms with Gasteiger partial charge >= 0.3 is 0 Å². The maximum Gasteiger partial charge on any atom is 0.228 e. The summed E-state index contributed by atoms with van der Waals surface area (Å²) >= 11 is 0. The summed E-state index contributed by atoms with van der Waals surface area (Å²) in [6.45, 7) is 3.82. The summed E-state index contributed by atoms with van der Waals surface area (Å²) in [5, 5.41) is 3.31. The van der Waals surface area contributed by atoms with Crippen LogP contribution in [0.3, 0.4) is 0 Å². The van der Waals surface area contributed by atoms with Gasteiger partial charge in [-0.05, 0) is 30.4 Å². The molecule has 1 fully saturated rings. The lowest BCUT2D eigenvalue weighted by Gasteiger charge is -2.39. The maximum absolute atomic E-state index is 13.2. The average molecular weight is 347 g/mol. The van der Waals surface area contributed by atoms with Crippen molar-refractivity contribution in [1.29, 1.82) is 0 Å². The van der Waals surface area contributed by atoms with Gasteiger partial charge in [0.1, 0.15) is 5.78 Å². The zero-order valence-corrected chi connectivity index (χ0v) is 15.0. The largest absolute Gasteiger partial charge is 0.346 e. The molecule has 1 N–H and O–H groups in total. The molecule has 3 rings (SSSR count). The first-order valence-corrected chi connectivity index (χ1v) is 9.20. The van der Waals surface area contributed by atoms with Crippen molar-refractivity contribution in [2.75, 3.05) is 0 Å². The Morgan fingerprint density at radius 3 is 2.19 bits per heavy atom. The van der Waals surface area contributed by atoms with Gasteiger partial charge in [-0.3, -0.25) is 9.59 Å². The highest BCUT2D eigenvalue weighted by atomic mass is 16.2. The molecule has 0 aromatic heterocycles. The van der Waals surface area contributed by atoms with E-state index in [9.17, 15) is 9.59 Å². The number of nitrogens with one attached hydrogen (secondary N) is 1. The molecule has 1 amide bonds. The van der Waals surface area contributed by atoms with E-state index in [0.29, 0.717) is 32.1 Å². The van der Waals surface area contributed by atoms with Gasteiger partial charge in [-0.1, -0.05) is 66.7 Å². The Morgan fingerprint density at radius 1 is 1.04 bits per heavy atom. The van der Waals surface area contributed by atoms with Crippen molar-refractivity contribution in [2.45, 2.75) is 43.6 Å². The minimum atomic E-state index is -0.472. The fourth-order valence-electron chi connectivity index (χ4n) is 3.77. The van der Waals surface area contributed by atoms with Crippen LogP contribution < -0.4 is 5.32 Å². The Morgan fingerprint density at radius 2 is 1.62 bits per heavy atom. The molecule has 1 aliphatic carbocycles. The van der Waals surface area contributed by atoms with Crippen LogP contribution in [0.2, 0.25) is 0 Å². The Kier molecular flexibility index (Phi) is 5.67. The molecule has 3 nitrogen and oxygen atoms in total. The van der Waals surface area contributed by atoms with Crippen LogP contribution >= 0.6 is 0 Å². The van der Waals surface area contributed by atoms with Gasteiger partial charge in [0.2, 0.25) is 5.91 Å². The Bertz CT molecular complexity index is 757. The maximum atomic E-state index is 13.2. The fraction of sp³-hybridized carbons (Fsp3) is 0.304. The molecule has 0 aliphatic heterocycles. The summed E-state index contributed by atoms with van der Waals surface area (Å²) in [4.78, 5) is 25.0. The zero-order chi connectivity index (χ0) is 18.4. The number of benzene rings is 2. The normalized spacial score (nSPS) is 17.3. The highest BCUT2D eigenvalue weighted by Gasteiger charge is 2.38. The zero-order valence-electron chi connectivity index (χ0n) is 15.0. The number of hydrogen-bond donors (Lipinski definition) is 1. The first-order chi connectivity index (χ1) is 12.6. The average Bonchev–Trinajstić information content (AvgIpc) is 2.69. The lowest BCUT2D eigenvalue weighted by atomic mass is 9.75. The molecule has 1 atom stereocenters. The van der Waals surface area contributed by atoms with E-state index in [-0.39, 0.29) is 17.6 Å². The second-order valence-electron chi connectivity index (χ2n) is 6.96. The number of Topliss-reactive ketones (excluding diaryl/α,β-unsaturated/α-hetero) is 1. The first-order valence-electron chi connectivity index (χ1n) is 9.20. The standard InChI is InChI=1S/C23H25NO2/c1-2-9-21(18-10-5-3-6-11-18)22(26)24-23(16-14-20(25)15-17-23)19-12-7-4-8-13-19/h2-8,10-13,21H,1,9,14-17H2,(H,24,26). The summed E-state index contributed by atoms with van der Waals surface area (Å²) in [6.07, 6.45) is 4.68. The molecule has 2 aromatic carbocycles. The van der Waals surface area contributed by atoms with Crippen LogP contribution in [0.15, 0.2) is 73.3 Å². The second-order valence-corrected chi connectivity index (χ2v) is 6.96. The van der Waals surface area contributed by atoms with Gasteiger partial charge in [0, 0.05) is 12.8 Å². The second kappa shape index (κ2) is 8.13. The minimum absolute atomic E-state index is 0.00528. The first kappa shape index (κ1) is 18.1. The molecule has 3 heteroatoms. The van der Waals surface area contributed by atoms with Crippen LogP contribution in [-0.4, -0.2) is 11.7 Å². The Labute approximate surface area is 155 Å². The third-order valence-corrected chi connectivity index (χ3v) is 5.27. The van der Waals surface area contributed by atoms with Crippen LogP contribution in [-0.2, 0) is 15.1 Å². The van der Waals surface area contributed by atoms with E-state index in [1.807, 2.05) is 60.7 Å². The van der Waals surface area contributed by atoms with Gasteiger partial charge in [-0.2, -0.15) is 0 Å². The van der Waals surface area contributed by atoms with Crippen molar-refractivity contribution in [3.8, 4) is 0 Å². The van der Waals surface area contributed by atoms with Crippen molar-refractivity contribution in [3.63, 3.8) is 0 Å². The van der Waals surface area contributed by atoms with Crippen LogP contribution in [0.1, 0.15) is 49.1 Å². The highest BCUT2D eigenvalue weighted by Crippen LogP contribution is 2.37. The van der Waals surface area contributed by atoms with Gasteiger partial charge in [0.15, 0.2) is 0 Å².